The van der Waals surface area contributed by atoms with Crippen LogP contribution in [0, 0.1) is 6.92 Å². The highest BCUT2D eigenvalue weighted by molar-refractivity contribution is 6.02. The molecule has 6 aromatic rings. The van der Waals surface area contributed by atoms with Gasteiger partial charge in [-0.25, -0.2) is 19.2 Å². The van der Waals surface area contributed by atoms with Gasteiger partial charge >= 0.3 is 23.0 Å². The number of fused-ring (bicyclic) bond motifs is 1. The Morgan fingerprint density at radius 3 is 2.41 bits per heavy atom. The summed E-state index contributed by atoms with van der Waals surface area (Å²) in [7, 11) is 0. The molecule has 0 amide bonds. The lowest BCUT2D eigenvalue weighted by Gasteiger charge is -2.13. The van der Waals surface area contributed by atoms with Gasteiger partial charge in [-0.1, -0.05) is 59.8 Å². The van der Waals surface area contributed by atoms with Gasteiger partial charge in [-0.05, 0) is 42.7 Å². The molecule has 0 aliphatic heterocycles. The van der Waals surface area contributed by atoms with Crippen LogP contribution in [0.25, 0.3) is 33.5 Å². The molecule has 0 bridgehead atoms. The topological polar surface area (TPSA) is 173 Å². The molecule has 0 unspecified atom stereocenters. The molecule has 0 fully saturated rings. The molecular weight excluding hydrogens is 572 g/mol. The molecule has 13 nitrogen and oxygen atoms in total. The van der Waals surface area contributed by atoms with E-state index in [0.717, 1.165) is 16.7 Å². The van der Waals surface area contributed by atoms with Crippen molar-refractivity contribution in [1.29, 1.82) is 0 Å². The van der Waals surface area contributed by atoms with Crippen LogP contribution < -0.4 is 21.7 Å². The summed E-state index contributed by atoms with van der Waals surface area (Å²) in [4.78, 5) is 54.9. The van der Waals surface area contributed by atoms with E-state index in [2.05, 4.69) is 19.6 Å². The van der Waals surface area contributed by atoms with E-state index < -0.39 is 29.6 Å². The number of imidazole rings is 1. The zero-order valence-electron chi connectivity index (χ0n) is 23.5. The molecule has 0 aliphatic rings. The first-order valence-corrected chi connectivity index (χ1v) is 13.5. The summed E-state index contributed by atoms with van der Waals surface area (Å²) in [5.41, 5.74) is 2.22. The highest BCUT2D eigenvalue weighted by Gasteiger charge is 2.22. The van der Waals surface area contributed by atoms with Crippen molar-refractivity contribution >= 4 is 17.0 Å². The van der Waals surface area contributed by atoms with Gasteiger partial charge in [0.15, 0.2) is 18.2 Å². The van der Waals surface area contributed by atoms with E-state index in [9.17, 15) is 19.2 Å². The summed E-state index contributed by atoms with van der Waals surface area (Å²) in [6.45, 7) is 3.50. The number of aromatic amines is 1. The van der Waals surface area contributed by atoms with Gasteiger partial charge in [0.25, 0.3) is 6.01 Å². The van der Waals surface area contributed by atoms with Crippen molar-refractivity contribution in [2.24, 2.45) is 0 Å². The molecule has 44 heavy (non-hydrogen) atoms. The van der Waals surface area contributed by atoms with E-state index in [1.807, 2.05) is 55.5 Å². The third-order valence-electron chi connectivity index (χ3n) is 6.81. The van der Waals surface area contributed by atoms with E-state index in [0.29, 0.717) is 41.6 Å². The number of para-hydroxylation sites is 1. The zero-order valence-corrected chi connectivity index (χ0v) is 23.5. The number of hydrogen-bond acceptors (Lipinski definition) is 11. The second-order valence-electron chi connectivity index (χ2n) is 9.61. The number of ether oxygens (including phenoxy) is 2. The Labute approximate surface area is 247 Å². The molecular formula is C31H24N4O9. The molecule has 3 aromatic carbocycles. The van der Waals surface area contributed by atoms with Gasteiger partial charge in [0, 0.05) is 5.56 Å². The summed E-state index contributed by atoms with van der Waals surface area (Å²) >= 11 is 0. The molecule has 0 atom stereocenters. The van der Waals surface area contributed by atoms with Crippen LogP contribution in [0.1, 0.15) is 34.4 Å². The molecule has 1 N–H and O–H groups in total. The maximum absolute atomic E-state index is 13.3. The van der Waals surface area contributed by atoms with Gasteiger partial charge in [0.05, 0.1) is 29.7 Å². The van der Waals surface area contributed by atoms with Crippen LogP contribution in [0.4, 0.5) is 0 Å². The predicted molar refractivity (Wildman–Crippen MR) is 155 cm³/mol. The van der Waals surface area contributed by atoms with Gasteiger partial charge < -0.3 is 18.3 Å². The standard InChI is InChI=1S/C31H24N4O9/c1-3-40-30-32-23-10-6-9-22(27(36)41-16-24-17(2)42-28(37)29(38)43-24)25(23)35(30)15-18-11-13-19(14-12-18)20-7-4-5-8-21(20)26-33-31(39)44-34-26/h4-14H,3,15-16H2,1-2H3,(H,33,34,39). The monoisotopic (exact) mass is 596 g/mol. The lowest BCUT2D eigenvalue weighted by atomic mass is 9.98. The molecule has 13 heteroatoms. The minimum absolute atomic E-state index is 0.0321. The highest BCUT2D eigenvalue weighted by atomic mass is 16.5. The van der Waals surface area contributed by atoms with Crippen LogP contribution in [0.5, 0.6) is 6.01 Å². The van der Waals surface area contributed by atoms with Crippen molar-refractivity contribution in [2.45, 2.75) is 27.0 Å². The van der Waals surface area contributed by atoms with Crippen molar-refractivity contribution < 1.29 is 27.6 Å². The van der Waals surface area contributed by atoms with E-state index in [-0.39, 0.29) is 17.1 Å². The summed E-state index contributed by atoms with van der Waals surface area (Å²) in [5, 5.41) is 3.82. The number of nitrogens with one attached hydrogen (secondary N) is 1. The number of aromatic nitrogens is 4. The van der Waals surface area contributed by atoms with Gasteiger partial charge in [-0.3, -0.25) is 14.1 Å². The maximum Gasteiger partial charge on any atom is 0.439 e. The largest absolute Gasteiger partial charge is 0.465 e. The first-order valence-electron chi connectivity index (χ1n) is 13.5. The van der Waals surface area contributed by atoms with Crippen molar-refractivity contribution in [1.82, 2.24) is 19.7 Å². The molecule has 6 rings (SSSR count). The number of carbonyl (C=O) groups excluding carboxylic acids is 1. The highest BCUT2D eigenvalue weighted by Crippen LogP contribution is 2.31. The predicted octanol–water partition coefficient (Wildman–Crippen LogP) is 4.07. The smallest absolute Gasteiger partial charge is 0.439 e. The van der Waals surface area contributed by atoms with Crippen LogP contribution >= 0.6 is 0 Å². The Kier molecular flexibility index (Phi) is 7.50. The average Bonchev–Trinajstić information content (AvgIpc) is 3.62. The van der Waals surface area contributed by atoms with E-state index in [1.165, 1.54) is 6.92 Å². The van der Waals surface area contributed by atoms with Gasteiger partial charge in [-0.2, -0.15) is 4.98 Å². The molecule has 3 heterocycles. The lowest BCUT2D eigenvalue weighted by molar-refractivity contribution is 0.0433. The molecule has 0 saturated heterocycles. The molecule has 0 aliphatic carbocycles. The molecule has 3 aromatic heterocycles. The third kappa shape index (κ3) is 5.45. The number of carbonyl (C=O) groups is 1. The SMILES string of the molecule is CCOc1nc2cccc(C(=O)OCc3oc(=O)c(=O)oc3C)c2n1Cc1ccc(-c2ccccc2-c2noc(=O)[nH]2)cc1. The van der Waals surface area contributed by atoms with Gasteiger partial charge in [0.2, 0.25) is 0 Å². The Morgan fingerprint density at radius 2 is 1.68 bits per heavy atom. The number of nitrogens with zero attached hydrogens (tertiary/aromatic N) is 3. The number of aryl methyl sites for hydroxylation is 1. The quantitative estimate of drug-likeness (QED) is 0.188. The fraction of sp³-hybridized carbons (Fsp3) is 0.161. The normalized spacial score (nSPS) is 11.1. The number of benzene rings is 3. The van der Waals surface area contributed by atoms with Crippen molar-refractivity contribution in [2.75, 3.05) is 6.61 Å². The fourth-order valence-electron chi connectivity index (χ4n) is 4.78. The number of esters is 1. The molecule has 0 radical (unpaired) electrons. The summed E-state index contributed by atoms with van der Waals surface area (Å²) in [6, 6.07) is 20.6. The van der Waals surface area contributed by atoms with Crippen LogP contribution in [0.3, 0.4) is 0 Å². The first kappa shape index (κ1) is 28.2. The van der Waals surface area contributed by atoms with Crippen LogP contribution in [0.2, 0.25) is 0 Å². The second-order valence-corrected chi connectivity index (χ2v) is 9.61. The zero-order chi connectivity index (χ0) is 30.8. The minimum atomic E-state index is -1.19. The first-order chi connectivity index (χ1) is 21.3. The van der Waals surface area contributed by atoms with Crippen LogP contribution in [-0.2, 0) is 17.9 Å². The van der Waals surface area contributed by atoms with E-state index in [1.54, 1.807) is 22.8 Å². The Morgan fingerprint density at radius 1 is 0.932 bits per heavy atom. The third-order valence-corrected chi connectivity index (χ3v) is 6.81. The fourth-order valence-corrected chi connectivity index (χ4v) is 4.78. The number of hydrogen-bond donors (Lipinski definition) is 1. The van der Waals surface area contributed by atoms with Crippen LogP contribution in [0.15, 0.2) is 94.5 Å². The van der Waals surface area contributed by atoms with Gasteiger partial charge in [0.1, 0.15) is 5.76 Å². The maximum atomic E-state index is 13.3. The van der Waals surface area contributed by atoms with Crippen molar-refractivity contribution in [3.8, 4) is 28.5 Å². The summed E-state index contributed by atoms with van der Waals surface area (Å²) in [6.07, 6.45) is 0. The molecule has 0 saturated carbocycles. The Hall–Kier alpha value is -5.98. The lowest BCUT2D eigenvalue weighted by Crippen LogP contribution is -2.23. The second kappa shape index (κ2) is 11.7. The van der Waals surface area contributed by atoms with Crippen LogP contribution in [-0.4, -0.2) is 32.3 Å². The Balaban J connectivity index is 1.31. The minimum Gasteiger partial charge on any atom is -0.465 e. The van der Waals surface area contributed by atoms with E-state index >= 15 is 0 Å². The summed E-state index contributed by atoms with van der Waals surface area (Å²) < 4.78 is 27.5. The Bertz CT molecular complexity index is 2170. The van der Waals surface area contributed by atoms with Crippen molar-refractivity contribution in [3.05, 3.63) is 121 Å². The average molecular weight is 597 g/mol. The van der Waals surface area contributed by atoms with E-state index in [4.69, 9.17) is 18.3 Å². The molecule has 222 valence electrons. The van der Waals surface area contributed by atoms with Gasteiger partial charge in [-0.15, -0.1) is 0 Å². The number of rotatable bonds is 9. The number of H-pyrrole nitrogens is 1. The summed E-state index contributed by atoms with van der Waals surface area (Å²) in [5.74, 6) is -1.05. The van der Waals surface area contributed by atoms with Crippen molar-refractivity contribution in [3.63, 3.8) is 0 Å². The molecule has 0 spiro atoms.